The summed E-state index contributed by atoms with van der Waals surface area (Å²) in [4.78, 5) is 13.3. The lowest BCUT2D eigenvalue weighted by Gasteiger charge is -2.19. The van der Waals surface area contributed by atoms with E-state index < -0.39 is 0 Å². The van der Waals surface area contributed by atoms with Crippen LogP contribution in [0.25, 0.3) is 16.8 Å². The molecule has 3 rings (SSSR count). The molecule has 2 heterocycles. The maximum atomic E-state index is 13.3. The van der Waals surface area contributed by atoms with E-state index in [-0.39, 0.29) is 23.4 Å². The lowest BCUT2D eigenvalue weighted by Crippen LogP contribution is -2.41. The second-order valence-electron chi connectivity index (χ2n) is 6.99. The van der Waals surface area contributed by atoms with E-state index in [1.165, 1.54) is 9.96 Å². The predicted molar refractivity (Wildman–Crippen MR) is 105 cm³/mol. The highest BCUT2D eigenvalue weighted by atomic mass is 16.3. The van der Waals surface area contributed by atoms with Gasteiger partial charge in [-0.3, -0.25) is 0 Å². The SMILES string of the molecule is Cc1c(C)c(C)c(-c2c(O)[n+](CCC#N)c3ccccn3c2=O)c(C)c1C. The Morgan fingerprint density at radius 2 is 1.59 bits per heavy atom. The Balaban J connectivity index is 2.51. The van der Waals surface area contributed by atoms with Crippen LogP contribution in [0.1, 0.15) is 34.2 Å². The van der Waals surface area contributed by atoms with Crippen LogP contribution in [0.15, 0.2) is 29.2 Å². The highest BCUT2D eigenvalue weighted by molar-refractivity contribution is 5.76. The molecule has 0 atom stereocenters. The molecule has 0 radical (unpaired) electrons. The highest BCUT2D eigenvalue weighted by Crippen LogP contribution is 2.35. The summed E-state index contributed by atoms with van der Waals surface area (Å²) in [6.45, 7) is 10.4. The van der Waals surface area contributed by atoms with Gasteiger partial charge >= 0.3 is 5.56 Å². The summed E-state index contributed by atoms with van der Waals surface area (Å²) in [7, 11) is 0. The standard InChI is InChI=1S/C22H23N3O2/c1-13-14(2)16(4)19(17(5)15(13)3)20-21(26)24-11-7-6-9-18(24)25(22(20)27)12-8-10-23/h6-7,9,11H,8,12H2,1-5H3/p+1. The van der Waals surface area contributed by atoms with Crippen LogP contribution < -0.4 is 10.1 Å². The van der Waals surface area contributed by atoms with Gasteiger partial charge in [0.25, 0.3) is 11.5 Å². The van der Waals surface area contributed by atoms with Crippen LogP contribution in [0.3, 0.4) is 0 Å². The van der Waals surface area contributed by atoms with Crippen molar-refractivity contribution in [3.63, 3.8) is 0 Å². The van der Waals surface area contributed by atoms with Gasteiger partial charge in [-0.1, -0.05) is 6.07 Å². The van der Waals surface area contributed by atoms with Gasteiger partial charge < -0.3 is 5.11 Å². The Morgan fingerprint density at radius 1 is 1.00 bits per heavy atom. The Hall–Kier alpha value is -3.13. The van der Waals surface area contributed by atoms with Gasteiger partial charge in [0, 0.05) is 11.6 Å². The number of nitriles is 1. The van der Waals surface area contributed by atoms with Gasteiger partial charge in [0.1, 0.15) is 6.54 Å². The quantitative estimate of drug-likeness (QED) is 0.726. The summed E-state index contributed by atoms with van der Waals surface area (Å²) >= 11 is 0. The fraction of sp³-hybridized carbons (Fsp3) is 0.318. The summed E-state index contributed by atoms with van der Waals surface area (Å²) in [5, 5.41) is 20.1. The summed E-state index contributed by atoms with van der Waals surface area (Å²) in [5.41, 5.74) is 6.80. The van der Waals surface area contributed by atoms with Crippen molar-refractivity contribution in [2.24, 2.45) is 0 Å². The lowest BCUT2D eigenvalue weighted by atomic mass is 9.87. The number of rotatable bonds is 3. The smallest absolute Gasteiger partial charge is 0.354 e. The van der Waals surface area contributed by atoms with Crippen LogP contribution in [0.4, 0.5) is 0 Å². The van der Waals surface area contributed by atoms with E-state index in [9.17, 15) is 9.90 Å². The first-order valence-electron chi connectivity index (χ1n) is 9.01. The molecule has 138 valence electrons. The van der Waals surface area contributed by atoms with Crippen molar-refractivity contribution in [3.05, 3.63) is 62.6 Å². The van der Waals surface area contributed by atoms with Crippen molar-refractivity contribution in [2.75, 3.05) is 0 Å². The zero-order valence-corrected chi connectivity index (χ0v) is 16.4. The largest absolute Gasteiger partial charge is 0.477 e. The van der Waals surface area contributed by atoms with Gasteiger partial charge in [-0.05, 0) is 68.5 Å². The number of aryl methyl sites for hydroxylation is 1. The minimum Gasteiger partial charge on any atom is -0.477 e. The van der Waals surface area contributed by atoms with Crippen molar-refractivity contribution >= 4 is 5.65 Å². The molecule has 0 saturated heterocycles. The van der Waals surface area contributed by atoms with Gasteiger partial charge in [0.2, 0.25) is 0 Å². The van der Waals surface area contributed by atoms with E-state index in [2.05, 4.69) is 13.0 Å². The van der Waals surface area contributed by atoms with E-state index in [0.717, 1.165) is 27.8 Å². The molecule has 27 heavy (non-hydrogen) atoms. The summed E-state index contributed by atoms with van der Waals surface area (Å²) in [5.74, 6) is -0.0877. The Bertz CT molecular complexity index is 1140. The molecule has 0 fully saturated rings. The number of aromatic nitrogens is 2. The zero-order chi connectivity index (χ0) is 19.9. The second kappa shape index (κ2) is 6.88. The minimum absolute atomic E-state index is 0.0877. The first kappa shape index (κ1) is 18.7. The summed E-state index contributed by atoms with van der Waals surface area (Å²) in [6, 6.07) is 7.48. The first-order valence-corrected chi connectivity index (χ1v) is 9.01. The van der Waals surface area contributed by atoms with Crippen molar-refractivity contribution in [2.45, 2.75) is 47.6 Å². The van der Waals surface area contributed by atoms with Crippen LogP contribution in [0, 0.1) is 45.9 Å². The average Bonchev–Trinajstić information content (AvgIpc) is 2.67. The molecule has 0 aliphatic rings. The van der Waals surface area contributed by atoms with Crippen molar-refractivity contribution < 1.29 is 9.67 Å². The maximum absolute atomic E-state index is 13.3. The Kier molecular flexibility index (Phi) is 4.75. The molecular formula is C22H24N3O2+. The third-order valence-corrected chi connectivity index (χ3v) is 5.72. The Labute approximate surface area is 158 Å². The molecule has 0 aliphatic heterocycles. The summed E-state index contributed by atoms with van der Waals surface area (Å²) < 4.78 is 3.18. The number of hydrogen-bond donors (Lipinski definition) is 1. The van der Waals surface area contributed by atoms with Crippen LogP contribution in [-0.2, 0) is 6.54 Å². The number of hydrogen-bond acceptors (Lipinski definition) is 3. The fourth-order valence-corrected chi connectivity index (χ4v) is 3.76. The van der Waals surface area contributed by atoms with E-state index in [4.69, 9.17) is 5.26 Å². The molecule has 0 saturated carbocycles. The molecule has 3 aromatic rings. The number of nitrogens with zero attached hydrogens (tertiary/aromatic N) is 3. The van der Waals surface area contributed by atoms with Gasteiger partial charge in [0.15, 0.2) is 5.56 Å². The number of aromatic hydroxyl groups is 1. The molecule has 1 aromatic carbocycles. The van der Waals surface area contributed by atoms with Gasteiger partial charge in [-0.25, -0.2) is 4.79 Å². The van der Waals surface area contributed by atoms with Crippen molar-refractivity contribution in [1.29, 1.82) is 5.26 Å². The topological polar surface area (TPSA) is 69.4 Å². The lowest BCUT2D eigenvalue weighted by molar-refractivity contribution is -0.679. The van der Waals surface area contributed by atoms with Crippen LogP contribution in [0.2, 0.25) is 0 Å². The maximum Gasteiger partial charge on any atom is 0.354 e. The van der Waals surface area contributed by atoms with E-state index >= 15 is 0 Å². The predicted octanol–water partition coefficient (Wildman–Crippen LogP) is 3.42. The third kappa shape index (κ3) is 2.78. The van der Waals surface area contributed by atoms with Gasteiger partial charge in [0.05, 0.1) is 18.7 Å². The molecule has 5 heteroatoms. The van der Waals surface area contributed by atoms with Gasteiger partial charge in [-0.2, -0.15) is 14.2 Å². The first-order chi connectivity index (χ1) is 12.8. The molecular weight excluding hydrogens is 338 g/mol. The number of pyridine rings is 1. The number of fused-ring (bicyclic) bond motifs is 1. The molecule has 0 amide bonds. The van der Waals surface area contributed by atoms with E-state index in [0.29, 0.717) is 12.2 Å². The van der Waals surface area contributed by atoms with E-state index in [1.807, 2.05) is 33.8 Å². The van der Waals surface area contributed by atoms with Crippen LogP contribution in [-0.4, -0.2) is 9.51 Å². The van der Waals surface area contributed by atoms with E-state index in [1.54, 1.807) is 22.9 Å². The van der Waals surface area contributed by atoms with Crippen LogP contribution in [0.5, 0.6) is 5.88 Å². The van der Waals surface area contributed by atoms with Crippen molar-refractivity contribution in [1.82, 2.24) is 4.40 Å². The Morgan fingerprint density at radius 3 is 2.19 bits per heavy atom. The average molecular weight is 362 g/mol. The minimum atomic E-state index is -0.259. The third-order valence-electron chi connectivity index (χ3n) is 5.72. The molecule has 0 spiro atoms. The molecule has 5 nitrogen and oxygen atoms in total. The summed E-state index contributed by atoms with van der Waals surface area (Å²) in [6.07, 6.45) is 1.94. The van der Waals surface area contributed by atoms with Crippen molar-refractivity contribution in [3.8, 4) is 23.1 Å². The second-order valence-corrected chi connectivity index (χ2v) is 6.99. The van der Waals surface area contributed by atoms with Crippen LogP contribution >= 0.6 is 0 Å². The zero-order valence-electron chi connectivity index (χ0n) is 16.4. The fourth-order valence-electron chi connectivity index (χ4n) is 3.76. The molecule has 0 bridgehead atoms. The van der Waals surface area contributed by atoms with Gasteiger partial charge in [-0.15, -0.1) is 0 Å². The molecule has 0 unspecified atom stereocenters. The highest BCUT2D eigenvalue weighted by Gasteiger charge is 2.28. The molecule has 2 aromatic heterocycles. The normalized spacial score (nSPS) is 11.0. The molecule has 1 N–H and O–H groups in total. The molecule has 0 aliphatic carbocycles. The number of benzene rings is 1. The monoisotopic (exact) mass is 362 g/mol.